The number of benzene rings is 2. The van der Waals surface area contributed by atoms with Crippen LogP contribution in [0.1, 0.15) is 16.7 Å². The van der Waals surface area contributed by atoms with Crippen molar-refractivity contribution < 1.29 is 44.7 Å². The number of aliphatic imine (C=N–C) groups is 1. The molecule has 1 amide bonds. The molecular formula is C23H16F7N3O3. The van der Waals surface area contributed by atoms with Crippen LogP contribution in [0.4, 0.5) is 47.1 Å². The first kappa shape index (κ1) is 26.3. The van der Waals surface area contributed by atoms with Crippen LogP contribution in [0.25, 0.3) is 5.57 Å². The molecule has 3 aromatic rings. The van der Waals surface area contributed by atoms with Crippen LogP contribution in [0, 0.1) is 5.82 Å². The van der Waals surface area contributed by atoms with Gasteiger partial charge in [0.25, 0.3) is 0 Å². The van der Waals surface area contributed by atoms with Crippen molar-refractivity contribution in [2.24, 2.45) is 10.7 Å². The topological polar surface area (TPSA) is 81.1 Å². The summed E-state index contributed by atoms with van der Waals surface area (Å²) >= 11 is 0. The lowest BCUT2D eigenvalue weighted by Crippen LogP contribution is -2.30. The van der Waals surface area contributed by atoms with Crippen LogP contribution in [-0.2, 0) is 12.4 Å². The van der Waals surface area contributed by atoms with Crippen molar-refractivity contribution in [1.29, 1.82) is 0 Å². The van der Waals surface area contributed by atoms with Crippen LogP contribution in [-0.4, -0.2) is 19.4 Å². The third kappa shape index (κ3) is 6.03. The highest BCUT2D eigenvalue weighted by molar-refractivity contribution is 6.12. The summed E-state index contributed by atoms with van der Waals surface area (Å²) in [7, 11) is 1.12. The van der Waals surface area contributed by atoms with Crippen LogP contribution in [0.5, 0.6) is 5.75 Å². The highest BCUT2D eigenvalue weighted by Crippen LogP contribution is 2.44. The summed E-state index contributed by atoms with van der Waals surface area (Å²) in [5.74, 6) is -1.90. The second kappa shape index (κ2) is 10.1. The van der Waals surface area contributed by atoms with Gasteiger partial charge in [0.1, 0.15) is 5.82 Å². The van der Waals surface area contributed by atoms with Crippen molar-refractivity contribution in [3.05, 3.63) is 83.5 Å². The van der Waals surface area contributed by atoms with Gasteiger partial charge < -0.3 is 14.9 Å². The maximum absolute atomic E-state index is 13.9. The molecule has 190 valence electrons. The van der Waals surface area contributed by atoms with Crippen LogP contribution >= 0.6 is 0 Å². The molecule has 0 fully saturated rings. The summed E-state index contributed by atoms with van der Waals surface area (Å²) in [6.07, 6.45) is -9.15. The highest BCUT2D eigenvalue weighted by atomic mass is 19.4. The van der Waals surface area contributed by atoms with Gasteiger partial charge >= 0.3 is 18.4 Å². The van der Waals surface area contributed by atoms with E-state index in [-0.39, 0.29) is 17.6 Å². The molecule has 0 radical (unpaired) electrons. The van der Waals surface area contributed by atoms with Crippen molar-refractivity contribution in [2.45, 2.75) is 12.4 Å². The van der Waals surface area contributed by atoms with Crippen LogP contribution in [0.15, 0.2) is 70.4 Å². The maximum atomic E-state index is 13.9. The number of alkyl halides is 6. The monoisotopic (exact) mass is 515 g/mol. The van der Waals surface area contributed by atoms with Crippen LogP contribution < -0.4 is 15.4 Å². The summed E-state index contributed by atoms with van der Waals surface area (Å²) in [6, 6.07) is 7.27. The predicted octanol–water partition coefficient (Wildman–Crippen LogP) is 6.79. The van der Waals surface area contributed by atoms with Gasteiger partial charge in [0.05, 0.1) is 17.4 Å². The molecule has 1 aromatic heterocycles. The summed E-state index contributed by atoms with van der Waals surface area (Å²) in [4.78, 5) is 17.2. The minimum absolute atomic E-state index is 0.0213. The molecule has 36 heavy (non-hydrogen) atoms. The number of carbonyl (C=O) groups excluding carboxylic acids is 1. The normalized spacial score (nSPS) is 12.7. The lowest BCUT2D eigenvalue weighted by Gasteiger charge is -2.22. The third-order valence-electron chi connectivity index (χ3n) is 4.73. The van der Waals surface area contributed by atoms with Crippen molar-refractivity contribution in [1.82, 2.24) is 0 Å². The zero-order chi connectivity index (χ0) is 26.7. The Morgan fingerprint density at radius 2 is 1.72 bits per heavy atom. The number of allylic oxidation sites excluding steroid dienone is 1. The van der Waals surface area contributed by atoms with Gasteiger partial charge in [0.15, 0.2) is 5.75 Å². The molecule has 0 saturated heterocycles. The summed E-state index contributed by atoms with van der Waals surface area (Å²) in [5.41, 5.74) is 0.749. The van der Waals surface area contributed by atoms with Gasteiger partial charge in [0.2, 0.25) is 5.88 Å². The van der Waals surface area contributed by atoms with Gasteiger partial charge in [-0.3, -0.25) is 4.90 Å². The lowest BCUT2D eigenvalue weighted by atomic mass is 9.98. The minimum Gasteiger partial charge on any atom is -0.447 e. The van der Waals surface area contributed by atoms with E-state index in [2.05, 4.69) is 4.99 Å². The number of halogens is 7. The summed E-state index contributed by atoms with van der Waals surface area (Å²) < 4.78 is 105. The number of rotatable bonds is 5. The van der Waals surface area contributed by atoms with Crippen molar-refractivity contribution in [2.75, 3.05) is 11.9 Å². The zero-order valence-corrected chi connectivity index (χ0v) is 18.2. The number of hydrogen-bond acceptors (Lipinski definition) is 5. The number of anilines is 1. The van der Waals surface area contributed by atoms with E-state index in [1.807, 2.05) is 0 Å². The fraction of sp³-hybridized carbons (Fsp3) is 0.130. The number of nitrogens with zero attached hydrogens (tertiary/aromatic N) is 2. The second-order valence-corrected chi connectivity index (χ2v) is 7.13. The largest absolute Gasteiger partial charge is 0.447 e. The minimum atomic E-state index is -5.36. The Labute approximate surface area is 199 Å². The van der Waals surface area contributed by atoms with Gasteiger partial charge in [0, 0.05) is 42.4 Å². The molecular weight excluding hydrogens is 499 g/mol. The average molecular weight is 515 g/mol. The number of nitrogens with two attached hydrogens (primary N) is 1. The number of amides is 1. The summed E-state index contributed by atoms with van der Waals surface area (Å²) in [6.45, 7) is 0. The summed E-state index contributed by atoms with van der Waals surface area (Å²) in [5, 5.41) is 0. The highest BCUT2D eigenvalue weighted by Gasteiger charge is 2.41. The molecule has 0 aliphatic rings. The number of furan rings is 1. The quantitative estimate of drug-likeness (QED) is 0.300. The predicted molar refractivity (Wildman–Crippen MR) is 116 cm³/mol. The third-order valence-corrected chi connectivity index (χ3v) is 4.73. The second-order valence-electron chi connectivity index (χ2n) is 7.13. The van der Waals surface area contributed by atoms with E-state index >= 15 is 0 Å². The van der Waals surface area contributed by atoms with E-state index in [9.17, 15) is 35.5 Å². The van der Waals surface area contributed by atoms with Crippen molar-refractivity contribution >= 4 is 29.5 Å². The first-order chi connectivity index (χ1) is 16.8. The Hall–Kier alpha value is -4.29. The van der Waals surface area contributed by atoms with Crippen LogP contribution in [0.3, 0.4) is 0 Å². The molecule has 0 aliphatic heterocycles. The molecule has 0 spiro atoms. The SMILES string of the molecule is CN(C(=O)Oc1c(C(=C/N)/C=N/c2ccco2)cc(C(F)(F)F)cc1C(F)(F)F)c1ccc(F)cc1. The molecule has 0 unspecified atom stereocenters. The van der Waals surface area contributed by atoms with Gasteiger partial charge in [-0.2, -0.15) is 26.3 Å². The first-order valence-corrected chi connectivity index (χ1v) is 9.84. The average Bonchev–Trinajstić information content (AvgIpc) is 3.32. The maximum Gasteiger partial charge on any atom is 0.420 e. The standard InChI is InChI=1S/C23H16F7N3O3/c1-33(16-6-4-15(24)5-7-16)21(34)36-20-17(13(11-31)12-32-19-3-2-8-35-19)9-14(22(25,26)27)10-18(20)23(28,29)30/h2-12H,31H2,1H3/b13-11+,32-12+. The van der Waals surface area contributed by atoms with Crippen molar-refractivity contribution in [3.63, 3.8) is 0 Å². The number of hydrogen-bond donors (Lipinski definition) is 1. The zero-order valence-electron chi connectivity index (χ0n) is 18.2. The fourth-order valence-corrected chi connectivity index (χ4v) is 2.93. The smallest absolute Gasteiger partial charge is 0.420 e. The van der Waals surface area contributed by atoms with E-state index in [4.69, 9.17) is 14.9 Å². The molecule has 3 rings (SSSR count). The molecule has 0 bridgehead atoms. The van der Waals surface area contributed by atoms with Gasteiger partial charge in [-0.05, 0) is 42.5 Å². The van der Waals surface area contributed by atoms with E-state index in [1.165, 1.54) is 18.4 Å². The van der Waals surface area contributed by atoms with E-state index in [0.717, 1.165) is 42.4 Å². The van der Waals surface area contributed by atoms with Crippen molar-refractivity contribution in [3.8, 4) is 5.75 Å². The van der Waals surface area contributed by atoms with Gasteiger partial charge in [-0.1, -0.05) is 0 Å². The van der Waals surface area contributed by atoms with E-state index in [0.29, 0.717) is 12.3 Å². The molecule has 0 aliphatic carbocycles. The fourth-order valence-electron chi connectivity index (χ4n) is 2.93. The van der Waals surface area contributed by atoms with Gasteiger partial charge in [-0.25, -0.2) is 14.2 Å². The Morgan fingerprint density at radius 1 is 1.06 bits per heavy atom. The Bertz CT molecular complexity index is 1280. The lowest BCUT2D eigenvalue weighted by molar-refractivity contribution is -0.143. The molecule has 0 saturated carbocycles. The Kier molecular flexibility index (Phi) is 7.41. The van der Waals surface area contributed by atoms with E-state index in [1.54, 1.807) is 0 Å². The van der Waals surface area contributed by atoms with E-state index < -0.39 is 52.3 Å². The molecule has 6 nitrogen and oxygen atoms in total. The Morgan fingerprint density at radius 3 is 2.25 bits per heavy atom. The molecule has 13 heteroatoms. The Balaban J connectivity index is 2.16. The number of carbonyl (C=O) groups is 1. The molecule has 2 aromatic carbocycles. The molecule has 2 N–H and O–H groups in total. The number of ether oxygens (including phenoxy) is 1. The molecule has 0 atom stereocenters. The van der Waals surface area contributed by atoms with Crippen LogP contribution in [0.2, 0.25) is 0 Å². The van der Waals surface area contributed by atoms with Gasteiger partial charge in [-0.15, -0.1) is 0 Å². The molecule has 1 heterocycles. The first-order valence-electron chi connectivity index (χ1n) is 9.84.